The average Bonchev–Trinajstić information content (AvgIpc) is 3.35. The minimum atomic E-state index is -0.393. The largest absolute Gasteiger partial charge is 0.465 e. The summed E-state index contributed by atoms with van der Waals surface area (Å²) in [6.45, 7) is 3.43. The molecule has 0 N–H and O–H groups in total. The highest BCUT2D eigenvalue weighted by atomic mass is 16.7. The van der Waals surface area contributed by atoms with Crippen molar-refractivity contribution in [3.8, 4) is 11.5 Å². The molecule has 0 aromatic heterocycles. The molecule has 4 heterocycles. The highest BCUT2D eigenvalue weighted by Crippen LogP contribution is 2.45. The first kappa shape index (κ1) is 14.6. The standard InChI is InChI=1S/C19H23NO4/c1-2-8-20(7-1)15-12-19(6-3-9-23-19)24-17(15)10-14-4-5-16-18(11-14)22-13-21-16/h4-5,10-11,15H,1-3,6-9,12-13H2/b17-10-/t15-,19-/m1/s1. The van der Waals surface area contributed by atoms with Crippen LogP contribution in [-0.2, 0) is 9.47 Å². The van der Waals surface area contributed by atoms with Gasteiger partial charge in [-0.15, -0.1) is 0 Å². The zero-order chi connectivity index (χ0) is 16.0. The van der Waals surface area contributed by atoms with Gasteiger partial charge in [0.05, 0.1) is 12.6 Å². The van der Waals surface area contributed by atoms with Gasteiger partial charge in [0.25, 0.3) is 0 Å². The second kappa shape index (κ2) is 5.67. The predicted octanol–water partition coefficient (Wildman–Crippen LogP) is 3.15. The Hall–Kier alpha value is -1.72. The summed E-state index contributed by atoms with van der Waals surface area (Å²) in [6.07, 6.45) is 7.74. The van der Waals surface area contributed by atoms with Crippen LogP contribution in [-0.4, -0.2) is 43.2 Å². The Morgan fingerprint density at radius 2 is 1.96 bits per heavy atom. The lowest BCUT2D eigenvalue weighted by atomic mass is 10.0. The SMILES string of the molecule is C(=C1/O[C@]2(CCCO2)C[C@H]1N1CCCC1)/c1ccc2c(c1)OCO2. The zero-order valence-corrected chi connectivity index (χ0v) is 13.8. The summed E-state index contributed by atoms with van der Waals surface area (Å²) in [5.74, 6) is 2.27. The van der Waals surface area contributed by atoms with Crippen molar-refractivity contribution in [2.45, 2.75) is 43.9 Å². The van der Waals surface area contributed by atoms with Crippen molar-refractivity contribution >= 4 is 6.08 Å². The number of hydrogen-bond acceptors (Lipinski definition) is 5. The summed E-state index contributed by atoms with van der Waals surface area (Å²) in [5, 5.41) is 0. The molecule has 5 heteroatoms. The van der Waals surface area contributed by atoms with Gasteiger partial charge in [-0.3, -0.25) is 4.90 Å². The van der Waals surface area contributed by atoms with Crippen LogP contribution in [0, 0.1) is 0 Å². The van der Waals surface area contributed by atoms with Gasteiger partial charge in [0.1, 0.15) is 5.76 Å². The summed E-state index contributed by atoms with van der Waals surface area (Å²) in [4.78, 5) is 2.55. The number of rotatable bonds is 2. The predicted molar refractivity (Wildman–Crippen MR) is 88.8 cm³/mol. The summed E-state index contributed by atoms with van der Waals surface area (Å²) in [7, 11) is 0. The van der Waals surface area contributed by atoms with Crippen LogP contribution in [0.15, 0.2) is 24.0 Å². The van der Waals surface area contributed by atoms with E-state index in [4.69, 9.17) is 18.9 Å². The quantitative estimate of drug-likeness (QED) is 0.833. The van der Waals surface area contributed by atoms with E-state index in [0.717, 1.165) is 61.8 Å². The van der Waals surface area contributed by atoms with Crippen LogP contribution in [0.5, 0.6) is 11.5 Å². The monoisotopic (exact) mass is 329 g/mol. The van der Waals surface area contributed by atoms with Gasteiger partial charge in [-0.1, -0.05) is 6.07 Å². The number of fused-ring (bicyclic) bond motifs is 1. The molecule has 0 radical (unpaired) electrons. The maximum atomic E-state index is 6.38. The molecule has 0 amide bonds. The van der Waals surface area contributed by atoms with E-state index >= 15 is 0 Å². The molecule has 1 spiro atoms. The molecule has 0 unspecified atom stereocenters. The second-order valence-corrected chi connectivity index (χ2v) is 7.09. The topological polar surface area (TPSA) is 40.2 Å². The Balaban J connectivity index is 1.46. The van der Waals surface area contributed by atoms with E-state index in [1.807, 2.05) is 12.1 Å². The third-order valence-corrected chi connectivity index (χ3v) is 5.49. The maximum absolute atomic E-state index is 6.38. The third kappa shape index (κ3) is 2.47. The van der Waals surface area contributed by atoms with Gasteiger partial charge >= 0.3 is 0 Å². The Morgan fingerprint density at radius 3 is 2.79 bits per heavy atom. The highest BCUT2D eigenvalue weighted by Gasteiger charge is 2.49. The van der Waals surface area contributed by atoms with Gasteiger partial charge in [-0.2, -0.15) is 0 Å². The number of likely N-dealkylation sites (tertiary alicyclic amines) is 1. The molecule has 2 atom stereocenters. The first-order valence-electron chi connectivity index (χ1n) is 9.00. The first-order valence-corrected chi connectivity index (χ1v) is 9.00. The molecule has 3 saturated heterocycles. The van der Waals surface area contributed by atoms with Gasteiger partial charge in [-0.25, -0.2) is 0 Å². The summed E-state index contributed by atoms with van der Waals surface area (Å²) in [5.41, 5.74) is 1.09. The van der Waals surface area contributed by atoms with Crippen molar-refractivity contribution in [2.75, 3.05) is 26.5 Å². The van der Waals surface area contributed by atoms with Gasteiger partial charge in [0.2, 0.25) is 12.6 Å². The molecular formula is C19H23NO4. The van der Waals surface area contributed by atoms with Crippen molar-refractivity contribution in [1.29, 1.82) is 0 Å². The maximum Gasteiger partial charge on any atom is 0.231 e. The van der Waals surface area contributed by atoms with Gasteiger partial charge < -0.3 is 18.9 Å². The van der Waals surface area contributed by atoms with Gasteiger partial charge in [0, 0.05) is 12.8 Å². The van der Waals surface area contributed by atoms with E-state index in [-0.39, 0.29) is 0 Å². The fourth-order valence-corrected chi connectivity index (χ4v) is 4.29. The fraction of sp³-hybridized carbons (Fsp3) is 0.579. The average molecular weight is 329 g/mol. The summed E-state index contributed by atoms with van der Waals surface area (Å²) >= 11 is 0. The Morgan fingerprint density at radius 1 is 1.08 bits per heavy atom. The number of hydrogen-bond donors (Lipinski definition) is 0. The van der Waals surface area contributed by atoms with Crippen LogP contribution in [0.1, 0.15) is 37.7 Å². The molecule has 24 heavy (non-hydrogen) atoms. The van der Waals surface area contributed by atoms with Crippen molar-refractivity contribution in [3.05, 3.63) is 29.5 Å². The van der Waals surface area contributed by atoms with Crippen LogP contribution in [0.4, 0.5) is 0 Å². The lowest BCUT2D eigenvalue weighted by Gasteiger charge is -2.23. The lowest BCUT2D eigenvalue weighted by Crippen LogP contribution is -2.34. The van der Waals surface area contributed by atoms with Crippen LogP contribution >= 0.6 is 0 Å². The van der Waals surface area contributed by atoms with E-state index in [2.05, 4.69) is 17.0 Å². The van der Waals surface area contributed by atoms with E-state index in [1.54, 1.807) is 0 Å². The molecule has 4 aliphatic rings. The Labute approximate surface area is 142 Å². The Bertz CT molecular complexity index is 659. The van der Waals surface area contributed by atoms with E-state index < -0.39 is 5.79 Å². The minimum absolute atomic E-state index is 0.305. The van der Waals surface area contributed by atoms with Gasteiger partial charge in [0.15, 0.2) is 11.5 Å². The molecule has 5 rings (SSSR count). The third-order valence-electron chi connectivity index (χ3n) is 5.49. The highest BCUT2D eigenvalue weighted by molar-refractivity contribution is 5.59. The lowest BCUT2D eigenvalue weighted by molar-refractivity contribution is -0.162. The summed E-state index contributed by atoms with van der Waals surface area (Å²) < 4.78 is 23.3. The van der Waals surface area contributed by atoms with Crippen molar-refractivity contribution in [2.24, 2.45) is 0 Å². The minimum Gasteiger partial charge on any atom is -0.465 e. The van der Waals surface area contributed by atoms with E-state index in [9.17, 15) is 0 Å². The smallest absolute Gasteiger partial charge is 0.231 e. The van der Waals surface area contributed by atoms with Crippen molar-refractivity contribution < 1.29 is 18.9 Å². The van der Waals surface area contributed by atoms with Crippen LogP contribution in [0.2, 0.25) is 0 Å². The molecule has 128 valence electrons. The van der Waals surface area contributed by atoms with Crippen molar-refractivity contribution in [3.63, 3.8) is 0 Å². The molecule has 1 aromatic carbocycles. The molecular weight excluding hydrogens is 306 g/mol. The number of benzene rings is 1. The molecule has 3 fully saturated rings. The second-order valence-electron chi connectivity index (χ2n) is 7.09. The normalized spacial score (nSPS) is 33.7. The molecule has 1 aromatic rings. The fourth-order valence-electron chi connectivity index (χ4n) is 4.29. The summed E-state index contributed by atoms with van der Waals surface area (Å²) in [6, 6.07) is 6.39. The molecule has 0 saturated carbocycles. The van der Waals surface area contributed by atoms with Crippen molar-refractivity contribution in [1.82, 2.24) is 4.90 Å². The van der Waals surface area contributed by atoms with E-state index in [1.165, 1.54) is 12.8 Å². The molecule has 0 bridgehead atoms. The number of nitrogens with zero attached hydrogens (tertiary/aromatic N) is 1. The van der Waals surface area contributed by atoms with Crippen LogP contribution < -0.4 is 9.47 Å². The van der Waals surface area contributed by atoms with Gasteiger partial charge in [-0.05, 0) is 56.1 Å². The first-order chi connectivity index (χ1) is 11.8. The van der Waals surface area contributed by atoms with Crippen LogP contribution in [0.3, 0.4) is 0 Å². The van der Waals surface area contributed by atoms with Crippen LogP contribution in [0.25, 0.3) is 6.08 Å². The van der Waals surface area contributed by atoms with E-state index in [0.29, 0.717) is 12.8 Å². The Kier molecular flexibility index (Phi) is 3.45. The number of ether oxygens (including phenoxy) is 4. The molecule has 0 aliphatic carbocycles. The zero-order valence-electron chi connectivity index (χ0n) is 13.8. The molecule has 5 nitrogen and oxygen atoms in total. The molecule has 4 aliphatic heterocycles.